The molecule has 2 aromatic rings. The van der Waals surface area contributed by atoms with E-state index in [0.29, 0.717) is 17.8 Å². The van der Waals surface area contributed by atoms with Crippen LogP contribution < -0.4 is 20.2 Å². The third-order valence-corrected chi connectivity index (χ3v) is 5.52. The van der Waals surface area contributed by atoms with Crippen LogP contribution >= 0.6 is 12.2 Å². The van der Waals surface area contributed by atoms with Gasteiger partial charge in [-0.2, -0.15) is 5.10 Å². The fourth-order valence-electron chi connectivity index (χ4n) is 3.66. The van der Waals surface area contributed by atoms with E-state index < -0.39 is 0 Å². The Morgan fingerprint density at radius 1 is 1.28 bits per heavy atom. The second-order valence-electron chi connectivity index (χ2n) is 7.31. The van der Waals surface area contributed by atoms with Gasteiger partial charge in [0.15, 0.2) is 16.6 Å². The number of ether oxygens (including phenoxy) is 3. The fraction of sp³-hybridized carbons (Fsp3) is 0.429. The van der Waals surface area contributed by atoms with E-state index in [-0.39, 0.29) is 6.79 Å². The Hall–Kier alpha value is -2.58. The Kier molecular flexibility index (Phi) is 6.01. The number of thiocarbonyl (C=S) groups is 1. The highest BCUT2D eigenvalue weighted by Crippen LogP contribution is 2.32. The molecule has 154 valence electrons. The fourth-order valence-corrected chi connectivity index (χ4v) is 3.79. The minimum absolute atomic E-state index is 0.273. The van der Waals surface area contributed by atoms with Gasteiger partial charge in [0.05, 0.1) is 12.3 Å². The van der Waals surface area contributed by atoms with Crippen LogP contribution in [0.5, 0.6) is 11.5 Å². The smallest absolute Gasteiger partial charge is 0.231 e. The monoisotopic (exact) mass is 414 g/mol. The van der Waals surface area contributed by atoms with E-state index in [2.05, 4.69) is 40.3 Å². The number of rotatable bonds is 6. The van der Waals surface area contributed by atoms with Crippen molar-refractivity contribution in [3.63, 3.8) is 0 Å². The minimum atomic E-state index is 0.273. The summed E-state index contributed by atoms with van der Waals surface area (Å²) >= 11 is 5.31. The zero-order valence-electron chi connectivity index (χ0n) is 16.7. The third-order valence-electron chi connectivity index (χ3n) is 5.28. The Balaban J connectivity index is 1.28. The molecule has 0 aliphatic carbocycles. The van der Waals surface area contributed by atoms with Crippen molar-refractivity contribution in [2.75, 3.05) is 13.4 Å². The van der Waals surface area contributed by atoms with E-state index in [9.17, 15) is 0 Å². The van der Waals surface area contributed by atoms with Crippen LogP contribution in [-0.4, -0.2) is 35.4 Å². The van der Waals surface area contributed by atoms with E-state index in [1.165, 1.54) is 11.4 Å². The lowest BCUT2D eigenvalue weighted by atomic mass is 10.2. The molecule has 29 heavy (non-hydrogen) atoms. The SMILES string of the molecule is Cc1cc(/C=N\NC(=S)NCc2ccc3c(c2)OCO3)c(C)n1C[C@@H]1CCCO1. The van der Waals surface area contributed by atoms with Gasteiger partial charge in [0.25, 0.3) is 0 Å². The molecule has 8 heteroatoms. The van der Waals surface area contributed by atoms with Crippen LogP contribution in [0, 0.1) is 13.8 Å². The highest BCUT2D eigenvalue weighted by molar-refractivity contribution is 7.80. The van der Waals surface area contributed by atoms with E-state index in [1.807, 2.05) is 24.4 Å². The maximum atomic E-state index is 5.77. The summed E-state index contributed by atoms with van der Waals surface area (Å²) in [5.41, 5.74) is 7.41. The van der Waals surface area contributed by atoms with Gasteiger partial charge in [-0.05, 0) is 62.7 Å². The number of fused-ring (bicyclic) bond motifs is 1. The molecular formula is C21H26N4O3S. The number of nitrogens with one attached hydrogen (secondary N) is 2. The molecule has 2 aliphatic rings. The number of benzene rings is 1. The topological polar surface area (TPSA) is 69.0 Å². The molecule has 0 spiro atoms. The highest BCUT2D eigenvalue weighted by Gasteiger charge is 2.18. The van der Waals surface area contributed by atoms with E-state index >= 15 is 0 Å². The lowest BCUT2D eigenvalue weighted by molar-refractivity contribution is 0.0962. The summed E-state index contributed by atoms with van der Waals surface area (Å²) < 4.78 is 18.8. The summed E-state index contributed by atoms with van der Waals surface area (Å²) in [5.74, 6) is 1.54. The molecule has 2 N–H and O–H groups in total. The van der Waals surface area contributed by atoms with Gasteiger partial charge in [0.2, 0.25) is 6.79 Å². The predicted octanol–water partition coefficient (Wildman–Crippen LogP) is 3.01. The van der Waals surface area contributed by atoms with E-state index in [0.717, 1.165) is 48.6 Å². The maximum absolute atomic E-state index is 5.77. The van der Waals surface area contributed by atoms with Crippen LogP contribution in [0.3, 0.4) is 0 Å². The molecule has 0 unspecified atom stereocenters. The average molecular weight is 415 g/mol. The van der Waals surface area contributed by atoms with Gasteiger partial charge >= 0.3 is 0 Å². The van der Waals surface area contributed by atoms with Gasteiger partial charge in [-0.3, -0.25) is 5.43 Å². The molecular weight excluding hydrogens is 388 g/mol. The molecule has 7 nitrogen and oxygen atoms in total. The van der Waals surface area contributed by atoms with E-state index in [1.54, 1.807) is 0 Å². The number of hydrogen-bond acceptors (Lipinski definition) is 5. The summed E-state index contributed by atoms with van der Waals surface area (Å²) in [6, 6.07) is 7.97. The lowest BCUT2D eigenvalue weighted by Crippen LogP contribution is -2.31. The van der Waals surface area contributed by atoms with Gasteiger partial charge in [-0.25, -0.2) is 0 Å². The minimum Gasteiger partial charge on any atom is -0.454 e. The van der Waals surface area contributed by atoms with Crippen LogP contribution in [0.2, 0.25) is 0 Å². The zero-order chi connectivity index (χ0) is 20.2. The molecule has 1 aromatic heterocycles. The van der Waals surface area contributed by atoms with Crippen molar-refractivity contribution in [2.45, 2.75) is 45.9 Å². The molecule has 4 rings (SSSR count). The van der Waals surface area contributed by atoms with Crippen LogP contribution in [0.15, 0.2) is 29.4 Å². The van der Waals surface area contributed by atoms with Crippen molar-refractivity contribution < 1.29 is 14.2 Å². The van der Waals surface area contributed by atoms with Crippen LogP contribution in [0.1, 0.15) is 35.4 Å². The lowest BCUT2D eigenvalue weighted by Gasteiger charge is -2.14. The summed E-state index contributed by atoms with van der Waals surface area (Å²) in [4.78, 5) is 0. The number of hydrogen-bond donors (Lipinski definition) is 2. The first-order valence-electron chi connectivity index (χ1n) is 9.84. The van der Waals surface area contributed by atoms with Gasteiger partial charge in [-0.1, -0.05) is 6.07 Å². The molecule has 2 aliphatic heterocycles. The van der Waals surface area contributed by atoms with Gasteiger partial charge < -0.3 is 24.1 Å². The van der Waals surface area contributed by atoms with Crippen LogP contribution in [-0.2, 0) is 17.8 Å². The standard InChI is InChI=1S/C21H26N4O3S/c1-14-8-17(15(2)25(14)12-18-4-3-7-26-18)11-23-24-21(29)22-10-16-5-6-19-20(9-16)28-13-27-19/h5-6,8-9,11,18H,3-4,7,10,12-13H2,1-2H3,(H2,22,24,29)/b23-11-/t18-/m0/s1. The number of aromatic nitrogens is 1. The molecule has 1 fully saturated rings. The molecule has 1 aromatic carbocycles. The van der Waals surface area contributed by atoms with Gasteiger partial charge in [0.1, 0.15) is 0 Å². The normalized spacial score (nSPS) is 17.8. The Morgan fingerprint density at radius 2 is 2.14 bits per heavy atom. The summed E-state index contributed by atoms with van der Waals surface area (Å²) in [7, 11) is 0. The van der Waals surface area contributed by atoms with Crippen molar-refractivity contribution in [3.8, 4) is 11.5 Å². The first kappa shape index (κ1) is 19.7. The Bertz CT molecular complexity index is 919. The molecule has 0 saturated carbocycles. The van der Waals surface area contributed by atoms with Gasteiger partial charge in [0, 0.05) is 36.6 Å². The molecule has 3 heterocycles. The quantitative estimate of drug-likeness (QED) is 0.430. The molecule has 0 radical (unpaired) electrons. The Labute approximate surface area is 176 Å². The highest BCUT2D eigenvalue weighted by atomic mass is 32.1. The summed E-state index contributed by atoms with van der Waals surface area (Å²) in [5, 5.41) is 7.90. The largest absolute Gasteiger partial charge is 0.454 e. The van der Waals surface area contributed by atoms with Crippen LogP contribution in [0.25, 0.3) is 0 Å². The van der Waals surface area contributed by atoms with Crippen molar-refractivity contribution in [2.24, 2.45) is 5.10 Å². The predicted molar refractivity (Wildman–Crippen MR) is 116 cm³/mol. The number of nitrogens with zero attached hydrogens (tertiary/aromatic N) is 2. The maximum Gasteiger partial charge on any atom is 0.231 e. The average Bonchev–Trinajstić information content (AvgIpc) is 3.44. The van der Waals surface area contributed by atoms with Crippen molar-refractivity contribution in [1.29, 1.82) is 0 Å². The van der Waals surface area contributed by atoms with Crippen molar-refractivity contribution in [3.05, 3.63) is 46.8 Å². The second kappa shape index (κ2) is 8.84. The molecule has 1 saturated heterocycles. The molecule has 0 bridgehead atoms. The molecule has 0 amide bonds. The molecule has 1 atom stereocenters. The second-order valence-corrected chi connectivity index (χ2v) is 7.72. The summed E-state index contributed by atoms with van der Waals surface area (Å²) in [6.07, 6.45) is 4.41. The van der Waals surface area contributed by atoms with Crippen molar-refractivity contribution >= 4 is 23.5 Å². The first-order chi connectivity index (χ1) is 14.1. The summed E-state index contributed by atoms with van der Waals surface area (Å²) in [6.45, 7) is 6.85. The Morgan fingerprint density at radius 3 is 2.97 bits per heavy atom. The van der Waals surface area contributed by atoms with Crippen LogP contribution in [0.4, 0.5) is 0 Å². The number of aryl methyl sites for hydroxylation is 1. The van der Waals surface area contributed by atoms with Gasteiger partial charge in [-0.15, -0.1) is 0 Å². The first-order valence-corrected chi connectivity index (χ1v) is 10.2. The van der Waals surface area contributed by atoms with E-state index in [4.69, 9.17) is 26.4 Å². The zero-order valence-corrected chi connectivity index (χ0v) is 17.6. The third kappa shape index (κ3) is 4.71. The number of hydrazone groups is 1. The van der Waals surface area contributed by atoms with Crippen molar-refractivity contribution in [1.82, 2.24) is 15.3 Å².